The highest BCUT2D eigenvalue weighted by Crippen LogP contribution is 2.45. The molecule has 0 radical (unpaired) electrons. The zero-order valence-electron chi connectivity index (χ0n) is 30.8. The number of hydrogen-bond donors (Lipinski definition) is 0. The molecule has 0 unspecified atom stereocenters. The van der Waals surface area contributed by atoms with Crippen LogP contribution in [0.2, 0.25) is 0 Å². The molecular weight excluding hydrogens is 579 g/mol. The first-order valence-electron chi connectivity index (χ1n) is 18.6. The van der Waals surface area contributed by atoms with E-state index in [2.05, 4.69) is 84.9 Å². The highest BCUT2D eigenvalue weighted by molar-refractivity contribution is 6.26. The minimum absolute atomic E-state index is 0.186. The molecule has 48 heavy (non-hydrogen) atoms. The van der Waals surface area contributed by atoms with Crippen molar-refractivity contribution in [2.75, 3.05) is 0 Å². The molecule has 0 amide bonds. The fraction of sp³-hybridized carbons (Fsp3) is 0. The van der Waals surface area contributed by atoms with Crippen molar-refractivity contribution < 1.29 is 6.85 Å². The smallest absolute Gasteiger partial charge is 0.0714 e. The van der Waals surface area contributed by atoms with Crippen molar-refractivity contribution in [3.05, 3.63) is 176 Å². The molecule has 10 rings (SSSR count). The van der Waals surface area contributed by atoms with Gasteiger partial charge < -0.3 is 0 Å². The maximum Gasteiger partial charge on any atom is 0.0714 e. The van der Waals surface area contributed by atoms with E-state index in [9.17, 15) is 0 Å². The van der Waals surface area contributed by atoms with Crippen molar-refractivity contribution in [2.45, 2.75) is 0 Å². The van der Waals surface area contributed by atoms with Gasteiger partial charge in [-0.1, -0.05) is 158 Å². The fourth-order valence-electron chi connectivity index (χ4n) is 7.60. The predicted octanol–water partition coefficient (Wildman–Crippen LogP) is 13.0. The molecule has 0 aliphatic rings. The number of hydrogen-bond acceptors (Lipinski definition) is 1. The SMILES string of the molecule is [2H]c1c([2H])c([2H])c(-c2c3ccccc3c(-c3ccc(-c4ccc5ccc6cccc7ccc4c5c67)cn3)c3ccc(-c4ccccc4)cc23)c([2H])c1[2H]. The van der Waals surface area contributed by atoms with Gasteiger partial charge in [0.2, 0.25) is 0 Å². The molecule has 1 aromatic heterocycles. The minimum atomic E-state index is -0.409. The summed E-state index contributed by atoms with van der Waals surface area (Å²) in [5.74, 6) is 0. The molecule has 0 fully saturated rings. The number of aromatic nitrogens is 1. The van der Waals surface area contributed by atoms with Gasteiger partial charge in [0.05, 0.1) is 12.5 Å². The van der Waals surface area contributed by atoms with Crippen LogP contribution in [0.3, 0.4) is 0 Å². The summed E-state index contributed by atoms with van der Waals surface area (Å²) in [6.45, 7) is 0. The van der Waals surface area contributed by atoms with Crippen LogP contribution in [-0.4, -0.2) is 4.98 Å². The highest BCUT2D eigenvalue weighted by atomic mass is 14.7. The first-order valence-corrected chi connectivity index (χ1v) is 16.1. The summed E-state index contributed by atoms with van der Waals surface area (Å²) in [5.41, 5.74) is 6.62. The lowest BCUT2D eigenvalue weighted by molar-refractivity contribution is 1.34. The van der Waals surface area contributed by atoms with Gasteiger partial charge in [0.1, 0.15) is 0 Å². The van der Waals surface area contributed by atoms with Crippen LogP contribution >= 0.6 is 0 Å². The number of rotatable bonds is 4. The summed E-state index contributed by atoms with van der Waals surface area (Å²) in [5, 5.41) is 10.7. The van der Waals surface area contributed by atoms with Crippen molar-refractivity contribution in [3.8, 4) is 44.6 Å². The fourth-order valence-corrected chi connectivity index (χ4v) is 7.60. The molecule has 0 spiro atoms. The van der Waals surface area contributed by atoms with Crippen LogP contribution in [-0.2, 0) is 0 Å². The van der Waals surface area contributed by atoms with Crippen LogP contribution < -0.4 is 0 Å². The standard InChI is InChI=1S/C47H29N/c1-3-10-30(11-4-1)35-22-26-41-42(28-35)45(31-12-5-2-6-13-31)38-16-7-8-17-39(38)47(41)43-27-23-36(29-48-43)37-24-20-34-19-18-32-14-9-15-33-21-25-40(37)46(34)44(32)33/h1-29H/i2D,5D,6D,12D,13D. The molecule has 9 aromatic carbocycles. The van der Waals surface area contributed by atoms with E-state index in [1.54, 1.807) is 0 Å². The van der Waals surface area contributed by atoms with Gasteiger partial charge in [-0.15, -0.1) is 0 Å². The molecule has 0 bridgehead atoms. The highest BCUT2D eigenvalue weighted by Gasteiger charge is 2.19. The van der Waals surface area contributed by atoms with Gasteiger partial charge in [0.25, 0.3) is 0 Å². The molecule has 0 atom stereocenters. The van der Waals surface area contributed by atoms with E-state index in [1.807, 2.05) is 60.8 Å². The van der Waals surface area contributed by atoms with Gasteiger partial charge in [0.15, 0.2) is 0 Å². The zero-order chi connectivity index (χ0) is 36.0. The van der Waals surface area contributed by atoms with Crippen LogP contribution in [0, 0.1) is 0 Å². The van der Waals surface area contributed by atoms with E-state index < -0.39 is 6.04 Å². The van der Waals surface area contributed by atoms with Crippen molar-refractivity contribution in [2.24, 2.45) is 0 Å². The third-order valence-electron chi connectivity index (χ3n) is 9.74. The monoisotopic (exact) mass is 612 g/mol. The van der Waals surface area contributed by atoms with Crippen molar-refractivity contribution in [1.29, 1.82) is 0 Å². The van der Waals surface area contributed by atoms with E-state index in [1.165, 1.54) is 32.3 Å². The average Bonchev–Trinajstić information content (AvgIpc) is 3.21. The number of nitrogens with zero attached hydrogens (tertiary/aromatic N) is 1. The topological polar surface area (TPSA) is 12.9 Å². The van der Waals surface area contributed by atoms with Crippen LogP contribution in [0.1, 0.15) is 6.85 Å². The number of pyridine rings is 1. The molecular formula is C47H29N. The lowest BCUT2D eigenvalue weighted by Crippen LogP contribution is -1.93. The Labute approximate surface area is 285 Å². The van der Waals surface area contributed by atoms with E-state index in [0.717, 1.165) is 55.1 Å². The summed E-state index contributed by atoms with van der Waals surface area (Å²) in [4.78, 5) is 5.13. The second-order valence-corrected chi connectivity index (χ2v) is 12.3. The van der Waals surface area contributed by atoms with Gasteiger partial charge in [-0.05, 0) is 93.8 Å². The third-order valence-corrected chi connectivity index (χ3v) is 9.74. The maximum absolute atomic E-state index is 9.01. The van der Waals surface area contributed by atoms with E-state index in [4.69, 9.17) is 11.8 Å². The third kappa shape index (κ3) is 4.08. The summed E-state index contributed by atoms with van der Waals surface area (Å²) in [6.07, 6.45) is 1.95. The summed E-state index contributed by atoms with van der Waals surface area (Å²) in [7, 11) is 0. The van der Waals surface area contributed by atoms with Gasteiger partial charge in [-0.25, -0.2) is 0 Å². The Kier molecular flexibility index (Phi) is 4.92. The first-order chi connectivity index (χ1) is 25.9. The Morgan fingerprint density at radius 1 is 0.396 bits per heavy atom. The zero-order valence-corrected chi connectivity index (χ0v) is 25.8. The Hall–Kier alpha value is -6.31. The normalized spacial score (nSPS) is 13.2. The number of fused-ring (bicyclic) bond motifs is 2. The Balaban J connectivity index is 1.23. The van der Waals surface area contributed by atoms with E-state index in [0.29, 0.717) is 5.56 Å². The van der Waals surface area contributed by atoms with Crippen LogP contribution in [0.25, 0.3) is 98.5 Å². The number of benzene rings is 9. The van der Waals surface area contributed by atoms with E-state index >= 15 is 0 Å². The van der Waals surface area contributed by atoms with Crippen molar-refractivity contribution in [1.82, 2.24) is 4.98 Å². The second-order valence-electron chi connectivity index (χ2n) is 12.3. The van der Waals surface area contributed by atoms with Crippen LogP contribution in [0.15, 0.2) is 176 Å². The maximum atomic E-state index is 9.01. The lowest BCUT2D eigenvalue weighted by Gasteiger charge is -2.18. The van der Waals surface area contributed by atoms with Crippen LogP contribution in [0.5, 0.6) is 0 Å². The van der Waals surface area contributed by atoms with Gasteiger partial charge in [-0.2, -0.15) is 0 Å². The molecule has 0 saturated carbocycles. The average molecular weight is 613 g/mol. The van der Waals surface area contributed by atoms with Gasteiger partial charge in [0, 0.05) is 17.3 Å². The summed E-state index contributed by atoms with van der Waals surface area (Å²) in [6, 6.07) is 46.5. The molecule has 0 N–H and O–H groups in total. The van der Waals surface area contributed by atoms with Gasteiger partial charge in [-0.3, -0.25) is 4.98 Å². The molecule has 1 heteroatoms. The van der Waals surface area contributed by atoms with Crippen LogP contribution in [0.4, 0.5) is 0 Å². The molecule has 10 aromatic rings. The predicted molar refractivity (Wildman–Crippen MR) is 205 cm³/mol. The minimum Gasteiger partial charge on any atom is -0.256 e. The Morgan fingerprint density at radius 3 is 1.81 bits per heavy atom. The summed E-state index contributed by atoms with van der Waals surface area (Å²) < 4.78 is 43.4. The van der Waals surface area contributed by atoms with Crippen molar-refractivity contribution >= 4 is 53.9 Å². The second kappa shape index (κ2) is 10.6. The molecule has 1 heterocycles. The molecule has 0 saturated heterocycles. The Bertz CT molecular complexity index is 3060. The molecule has 222 valence electrons. The molecule has 0 aliphatic carbocycles. The van der Waals surface area contributed by atoms with Crippen molar-refractivity contribution in [3.63, 3.8) is 0 Å². The lowest BCUT2D eigenvalue weighted by atomic mass is 9.85. The largest absolute Gasteiger partial charge is 0.256 e. The first kappa shape index (κ1) is 22.3. The quantitative estimate of drug-likeness (QED) is 0.142. The molecule has 0 aliphatic heterocycles. The summed E-state index contributed by atoms with van der Waals surface area (Å²) >= 11 is 0. The molecule has 1 nitrogen and oxygen atoms in total. The van der Waals surface area contributed by atoms with Gasteiger partial charge >= 0.3 is 0 Å². The Morgan fingerprint density at radius 2 is 1.04 bits per heavy atom. The van der Waals surface area contributed by atoms with E-state index in [-0.39, 0.29) is 29.7 Å².